The Bertz CT molecular complexity index is 370. The zero-order valence-electron chi connectivity index (χ0n) is 13.1. The van der Waals surface area contributed by atoms with E-state index < -0.39 is 0 Å². The molecule has 0 aromatic rings. The van der Waals surface area contributed by atoms with Crippen LogP contribution in [0.3, 0.4) is 0 Å². The van der Waals surface area contributed by atoms with Crippen LogP contribution in [0.5, 0.6) is 0 Å². The van der Waals surface area contributed by atoms with E-state index in [0.29, 0.717) is 5.92 Å². The van der Waals surface area contributed by atoms with Crippen molar-refractivity contribution < 1.29 is 4.79 Å². The first kappa shape index (κ1) is 16.6. The van der Waals surface area contributed by atoms with Gasteiger partial charge in [-0.1, -0.05) is 20.8 Å². The van der Waals surface area contributed by atoms with E-state index in [9.17, 15) is 10.1 Å². The summed E-state index contributed by atoms with van der Waals surface area (Å²) in [5.41, 5.74) is 0.279. The van der Waals surface area contributed by atoms with Gasteiger partial charge in [-0.05, 0) is 31.6 Å². The minimum atomic E-state index is -0.100. The molecule has 1 rings (SSSR count). The molecule has 1 aliphatic heterocycles. The zero-order valence-corrected chi connectivity index (χ0v) is 13.1. The molecule has 0 aromatic heterocycles. The van der Waals surface area contributed by atoms with Crippen LogP contribution in [-0.2, 0) is 4.79 Å². The minimum absolute atomic E-state index is 0.100. The van der Waals surface area contributed by atoms with Crippen LogP contribution in [0, 0.1) is 17.2 Å². The molecule has 1 saturated heterocycles. The molecule has 0 aromatic carbocycles. The lowest BCUT2D eigenvalue weighted by molar-refractivity contribution is -0.128. The predicted octanol–water partition coefficient (Wildman–Crippen LogP) is 2.77. The van der Waals surface area contributed by atoms with Crippen LogP contribution >= 0.6 is 0 Å². The van der Waals surface area contributed by atoms with E-state index in [-0.39, 0.29) is 11.5 Å². The van der Waals surface area contributed by atoms with Crippen molar-refractivity contribution in [3.63, 3.8) is 0 Å². The zero-order chi connectivity index (χ0) is 15.0. The third-order valence-corrected chi connectivity index (χ3v) is 3.76. The maximum atomic E-state index is 12.4. The number of carbonyl (C=O) groups is 1. The summed E-state index contributed by atoms with van der Waals surface area (Å²) in [7, 11) is 0. The summed E-state index contributed by atoms with van der Waals surface area (Å²) in [6.45, 7) is 9.77. The Kier molecular flexibility index (Phi) is 7.14. The minimum Gasteiger partial charge on any atom is -0.376 e. The first-order chi connectivity index (χ1) is 9.62. The number of piperidine rings is 1. The monoisotopic (exact) mass is 277 g/mol. The Labute approximate surface area is 123 Å². The molecule has 4 heteroatoms. The molecular formula is C16H27N3O. The maximum absolute atomic E-state index is 12.4. The quantitative estimate of drug-likeness (QED) is 0.554. The molecule has 0 spiro atoms. The Morgan fingerprint density at radius 1 is 1.30 bits per heavy atom. The normalized spacial score (nSPS) is 16.9. The number of rotatable bonds is 6. The van der Waals surface area contributed by atoms with Gasteiger partial charge in [-0.25, -0.2) is 0 Å². The van der Waals surface area contributed by atoms with Gasteiger partial charge in [0.25, 0.3) is 5.91 Å². The third kappa shape index (κ3) is 4.88. The van der Waals surface area contributed by atoms with E-state index in [4.69, 9.17) is 0 Å². The molecule has 4 nitrogen and oxygen atoms in total. The van der Waals surface area contributed by atoms with Crippen molar-refractivity contribution in [1.29, 1.82) is 5.26 Å². The summed E-state index contributed by atoms with van der Waals surface area (Å²) in [5, 5.41) is 9.27. The second-order valence-electron chi connectivity index (χ2n) is 5.67. The fourth-order valence-corrected chi connectivity index (χ4v) is 2.51. The number of amides is 1. The average molecular weight is 277 g/mol. The fraction of sp³-hybridized carbons (Fsp3) is 0.750. The summed E-state index contributed by atoms with van der Waals surface area (Å²) in [4.78, 5) is 16.3. The topological polar surface area (TPSA) is 47.3 Å². The van der Waals surface area contributed by atoms with Crippen molar-refractivity contribution in [1.82, 2.24) is 9.80 Å². The van der Waals surface area contributed by atoms with Crippen LogP contribution in [0.1, 0.15) is 46.5 Å². The highest BCUT2D eigenvalue weighted by atomic mass is 16.2. The first-order valence-corrected chi connectivity index (χ1v) is 7.77. The molecule has 1 amide bonds. The van der Waals surface area contributed by atoms with Crippen molar-refractivity contribution >= 4 is 5.91 Å². The number of hydrogen-bond acceptors (Lipinski definition) is 3. The van der Waals surface area contributed by atoms with Crippen molar-refractivity contribution in [2.24, 2.45) is 5.92 Å². The van der Waals surface area contributed by atoms with Crippen molar-refractivity contribution in [3.05, 3.63) is 11.8 Å². The van der Waals surface area contributed by atoms with E-state index in [1.54, 1.807) is 6.20 Å². The van der Waals surface area contributed by atoms with Gasteiger partial charge in [0.1, 0.15) is 11.6 Å². The molecule has 0 radical (unpaired) electrons. The predicted molar refractivity (Wildman–Crippen MR) is 80.8 cm³/mol. The van der Waals surface area contributed by atoms with Crippen LogP contribution in [0.4, 0.5) is 0 Å². The standard InChI is InChI=1S/C16H27N3O/c1-4-8-18(9-5-2)13-15(12-17)16(20)19-10-6-14(3)7-11-19/h13-14H,4-11H2,1-3H3/b15-13-. The van der Waals surface area contributed by atoms with Crippen LogP contribution in [0.15, 0.2) is 11.8 Å². The number of hydrogen-bond donors (Lipinski definition) is 0. The van der Waals surface area contributed by atoms with Gasteiger partial charge in [-0.3, -0.25) is 4.79 Å². The second kappa shape index (κ2) is 8.63. The molecule has 0 unspecified atom stereocenters. The SMILES string of the molecule is CCCN(/C=C(/C#N)C(=O)N1CCC(C)CC1)CCC. The first-order valence-electron chi connectivity index (χ1n) is 7.77. The van der Waals surface area contributed by atoms with Gasteiger partial charge >= 0.3 is 0 Å². The summed E-state index contributed by atoms with van der Waals surface area (Å²) in [6, 6.07) is 2.09. The highest BCUT2D eigenvalue weighted by Crippen LogP contribution is 2.17. The van der Waals surface area contributed by atoms with Crippen LogP contribution in [0.25, 0.3) is 0 Å². The third-order valence-electron chi connectivity index (χ3n) is 3.76. The molecule has 0 N–H and O–H groups in total. The highest BCUT2D eigenvalue weighted by Gasteiger charge is 2.23. The van der Waals surface area contributed by atoms with Gasteiger partial charge < -0.3 is 9.80 Å². The average Bonchev–Trinajstić information content (AvgIpc) is 2.45. The highest BCUT2D eigenvalue weighted by molar-refractivity contribution is 5.97. The van der Waals surface area contributed by atoms with Crippen LogP contribution < -0.4 is 0 Å². The number of nitriles is 1. The Morgan fingerprint density at radius 3 is 2.30 bits per heavy atom. The lowest BCUT2D eigenvalue weighted by Crippen LogP contribution is -2.39. The summed E-state index contributed by atoms with van der Waals surface area (Å²) in [5.74, 6) is 0.585. The van der Waals surface area contributed by atoms with E-state index in [2.05, 4.69) is 31.7 Å². The van der Waals surface area contributed by atoms with Gasteiger partial charge in [0.2, 0.25) is 0 Å². The maximum Gasteiger partial charge on any atom is 0.266 e. The Balaban J connectivity index is 2.72. The summed E-state index contributed by atoms with van der Waals surface area (Å²) < 4.78 is 0. The van der Waals surface area contributed by atoms with E-state index in [1.807, 2.05) is 4.90 Å². The van der Waals surface area contributed by atoms with Gasteiger partial charge in [-0.2, -0.15) is 5.26 Å². The molecule has 1 aliphatic rings. The molecule has 0 atom stereocenters. The number of carbonyl (C=O) groups excluding carboxylic acids is 1. The number of nitrogens with zero attached hydrogens (tertiary/aromatic N) is 3. The van der Waals surface area contributed by atoms with Crippen LogP contribution in [0.2, 0.25) is 0 Å². The smallest absolute Gasteiger partial charge is 0.266 e. The van der Waals surface area contributed by atoms with Gasteiger partial charge in [0.05, 0.1) is 0 Å². The summed E-state index contributed by atoms with van der Waals surface area (Å²) >= 11 is 0. The molecule has 20 heavy (non-hydrogen) atoms. The second-order valence-corrected chi connectivity index (χ2v) is 5.67. The molecule has 1 heterocycles. The van der Waals surface area contributed by atoms with E-state index >= 15 is 0 Å². The Hall–Kier alpha value is -1.50. The van der Waals surface area contributed by atoms with Gasteiger partial charge in [-0.15, -0.1) is 0 Å². The number of likely N-dealkylation sites (tertiary alicyclic amines) is 1. The molecule has 1 fully saturated rings. The molecule has 112 valence electrons. The lowest BCUT2D eigenvalue weighted by atomic mass is 9.99. The van der Waals surface area contributed by atoms with Crippen molar-refractivity contribution in [3.8, 4) is 6.07 Å². The fourth-order valence-electron chi connectivity index (χ4n) is 2.51. The van der Waals surface area contributed by atoms with Crippen LogP contribution in [-0.4, -0.2) is 41.9 Å². The van der Waals surface area contributed by atoms with E-state index in [1.165, 1.54) is 0 Å². The largest absolute Gasteiger partial charge is 0.376 e. The molecule has 0 saturated carbocycles. The van der Waals surface area contributed by atoms with E-state index in [0.717, 1.165) is 51.9 Å². The Morgan fingerprint density at radius 2 is 1.85 bits per heavy atom. The molecule has 0 aliphatic carbocycles. The molecular weight excluding hydrogens is 250 g/mol. The van der Waals surface area contributed by atoms with Gasteiger partial charge in [0, 0.05) is 32.4 Å². The van der Waals surface area contributed by atoms with Crippen molar-refractivity contribution in [2.45, 2.75) is 46.5 Å². The van der Waals surface area contributed by atoms with Gasteiger partial charge in [0.15, 0.2) is 0 Å². The summed E-state index contributed by atoms with van der Waals surface area (Å²) in [6.07, 6.45) is 5.87. The lowest BCUT2D eigenvalue weighted by Gasteiger charge is -2.30. The van der Waals surface area contributed by atoms with Crippen molar-refractivity contribution in [2.75, 3.05) is 26.2 Å². The molecule has 0 bridgehead atoms.